The first kappa shape index (κ1) is 18.3. The number of aliphatic hydroxyl groups excluding tert-OH is 2. The maximum atomic E-state index is 13.4. The summed E-state index contributed by atoms with van der Waals surface area (Å²) >= 11 is 0. The van der Waals surface area contributed by atoms with Gasteiger partial charge in [-0.1, -0.05) is 42.5 Å². The van der Waals surface area contributed by atoms with E-state index in [-0.39, 0.29) is 29.6 Å². The first-order valence-electron chi connectivity index (χ1n) is 5.46. The normalized spacial score (nSPS) is 15.5. The number of hydrogen-bond donors (Lipinski definition) is 3. The second-order valence-corrected chi connectivity index (χ2v) is 3.87. The van der Waals surface area contributed by atoms with Gasteiger partial charge in [0.15, 0.2) is 6.17 Å². The second kappa shape index (κ2) is 9.23. The summed E-state index contributed by atoms with van der Waals surface area (Å²) in [4.78, 5) is 10.3. The molecule has 6 heteroatoms. The van der Waals surface area contributed by atoms with E-state index in [1.165, 1.54) is 12.2 Å². The molecule has 0 amide bonds. The molecular formula is C13H16FNaO4. The van der Waals surface area contributed by atoms with E-state index in [1.54, 1.807) is 24.3 Å². The van der Waals surface area contributed by atoms with Crippen LogP contribution in [-0.2, 0) is 4.79 Å². The van der Waals surface area contributed by atoms with Gasteiger partial charge in [-0.2, -0.15) is 0 Å². The summed E-state index contributed by atoms with van der Waals surface area (Å²) in [5.74, 6) is -1.32. The number of aliphatic hydroxyl groups is 2. The molecule has 1 aromatic rings. The average Bonchev–Trinajstić information content (AvgIpc) is 2.35. The summed E-state index contributed by atoms with van der Waals surface area (Å²) in [5, 5.41) is 27.0. The summed E-state index contributed by atoms with van der Waals surface area (Å²) in [6.45, 7) is 0. The zero-order chi connectivity index (χ0) is 13.5. The van der Waals surface area contributed by atoms with Crippen molar-refractivity contribution in [3.63, 3.8) is 0 Å². The van der Waals surface area contributed by atoms with Gasteiger partial charge in [-0.05, 0) is 5.56 Å². The van der Waals surface area contributed by atoms with Crippen LogP contribution in [-0.4, -0.2) is 69.2 Å². The molecule has 19 heavy (non-hydrogen) atoms. The van der Waals surface area contributed by atoms with Gasteiger partial charge in [0.25, 0.3) is 0 Å². The van der Waals surface area contributed by atoms with Gasteiger partial charge >= 0.3 is 35.5 Å². The van der Waals surface area contributed by atoms with Crippen LogP contribution in [0.3, 0.4) is 0 Å². The molecule has 0 aliphatic heterocycles. The number of halogens is 1. The van der Waals surface area contributed by atoms with Crippen molar-refractivity contribution in [1.29, 1.82) is 0 Å². The molecule has 100 valence electrons. The molecule has 0 fully saturated rings. The number of rotatable bonds is 6. The van der Waals surface area contributed by atoms with Crippen molar-refractivity contribution < 1.29 is 24.5 Å². The first-order valence-corrected chi connectivity index (χ1v) is 5.46. The van der Waals surface area contributed by atoms with Crippen molar-refractivity contribution in [1.82, 2.24) is 0 Å². The Kier molecular flexibility index (Phi) is 8.88. The van der Waals surface area contributed by atoms with Crippen LogP contribution >= 0.6 is 0 Å². The predicted octanol–water partition coefficient (Wildman–Crippen LogP) is 0.586. The third kappa shape index (κ3) is 6.84. The quantitative estimate of drug-likeness (QED) is 0.665. The summed E-state index contributed by atoms with van der Waals surface area (Å²) in [6, 6.07) is 8.94. The Morgan fingerprint density at radius 3 is 2.37 bits per heavy atom. The Labute approximate surface area is 132 Å². The fraction of sp³-hybridized carbons (Fsp3) is 0.308. The minimum atomic E-state index is -2.03. The van der Waals surface area contributed by atoms with Crippen LogP contribution < -0.4 is 0 Å². The van der Waals surface area contributed by atoms with Crippen molar-refractivity contribution in [3.05, 3.63) is 42.0 Å². The van der Waals surface area contributed by atoms with E-state index in [1.807, 2.05) is 6.07 Å². The molecule has 0 radical (unpaired) electrons. The van der Waals surface area contributed by atoms with Crippen LogP contribution in [0.4, 0.5) is 4.39 Å². The molecular weight excluding hydrogens is 262 g/mol. The zero-order valence-electron chi connectivity index (χ0n) is 9.61. The molecule has 0 heterocycles. The molecule has 0 bridgehead atoms. The third-order valence-electron chi connectivity index (χ3n) is 2.36. The SMILES string of the molecule is O=C(O)CC(O)C(F)C(O)/C=C/c1ccccc1.[NaH]. The molecule has 3 N–H and O–H groups in total. The van der Waals surface area contributed by atoms with Gasteiger partial charge in [-0.25, -0.2) is 4.39 Å². The molecule has 1 aromatic carbocycles. The molecule has 0 aromatic heterocycles. The summed E-state index contributed by atoms with van der Waals surface area (Å²) in [5.41, 5.74) is 0.775. The molecule has 3 atom stereocenters. The van der Waals surface area contributed by atoms with E-state index < -0.39 is 30.8 Å². The Balaban J connectivity index is 0.00000324. The van der Waals surface area contributed by atoms with Crippen LogP contribution in [0.5, 0.6) is 0 Å². The predicted molar refractivity (Wildman–Crippen MR) is 71.8 cm³/mol. The first-order chi connectivity index (χ1) is 8.50. The zero-order valence-corrected chi connectivity index (χ0v) is 9.61. The Bertz CT molecular complexity index is 410. The summed E-state index contributed by atoms with van der Waals surface area (Å²) in [6.07, 6.45) is -3.34. The summed E-state index contributed by atoms with van der Waals surface area (Å²) < 4.78 is 13.4. The molecule has 0 aliphatic rings. The minimum absolute atomic E-state index is 0. The van der Waals surface area contributed by atoms with Crippen molar-refractivity contribution in [3.8, 4) is 0 Å². The van der Waals surface area contributed by atoms with Gasteiger partial charge in [-0.3, -0.25) is 4.79 Å². The summed E-state index contributed by atoms with van der Waals surface area (Å²) in [7, 11) is 0. The average molecular weight is 278 g/mol. The van der Waals surface area contributed by atoms with Crippen LogP contribution in [0.25, 0.3) is 6.08 Å². The number of benzene rings is 1. The second-order valence-electron chi connectivity index (χ2n) is 3.87. The number of hydrogen-bond acceptors (Lipinski definition) is 3. The van der Waals surface area contributed by atoms with Crippen LogP contribution in [0.2, 0.25) is 0 Å². The van der Waals surface area contributed by atoms with Gasteiger partial charge < -0.3 is 15.3 Å². The molecule has 4 nitrogen and oxygen atoms in total. The molecule has 3 unspecified atom stereocenters. The molecule has 1 rings (SSSR count). The van der Waals surface area contributed by atoms with Crippen molar-refractivity contribution in [2.24, 2.45) is 0 Å². The van der Waals surface area contributed by atoms with Crippen molar-refractivity contribution >= 4 is 41.6 Å². The molecule has 0 spiro atoms. The van der Waals surface area contributed by atoms with E-state index in [0.717, 1.165) is 5.56 Å². The van der Waals surface area contributed by atoms with Gasteiger partial charge in [0.05, 0.1) is 12.5 Å². The van der Waals surface area contributed by atoms with Crippen LogP contribution in [0.15, 0.2) is 36.4 Å². The number of carbonyl (C=O) groups is 1. The van der Waals surface area contributed by atoms with E-state index in [0.29, 0.717) is 0 Å². The topological polar surface area (TPSA) is 77.8 Å². The van der Waals surface area contributed by atoms with Gasteiger partial charge in [0.2, 0.25) is 0 Å². The Hall–Kier alpha value is -0.720. The van der Waals surface area contributed by atoms with Crippen molar-refractivity contribution in [2.75, 3.05) is 0 Å². The molecule has 0 saturated heterocycles. The van der Waals surface area contributed by atoms with E-state index in [4.69, 9.17) is 5.11 Å². The fourth-order valence-corrected chi connectivity index (χ4v) is 1.40. The fourth-order valence-electron chi connectivity index (χ4n) is 1.40. The number of carboxylic acid groups (broad SMARTS) is 1. The van der Waals surface area contributed by atoms with E-state index in [9.17, 15) is 19.4 Å². The van der Waals surface area contributed by atoms with Gasteiger partial charge in [0, 0.05) is 0 Å². The Morgan fingerprint density at radius 1 is 1.26 bits per heavy atom. The monoisotopic (exact) mass is 278 g/mol. The molecule has 0 aliphatic carbocycles. The number of alkyl halides is 1. The van der Waals surface area contributed by atoms with Gasteiger partial charge in [-0.15, -0.1) is 0 Å². The van der Waals surface area contributed by atoms with E-state index >= 15 is 0 Å². The third-order valence-corrected chi connectivity index (χ3v) is 2.36. The van der Waals surface area contributed by atoms with E-state index in [2.05, 4.69) is 0 Å². The van der Waals surface area contributed by atoms with Crippen LogP contribution in [0.1, 0.15) is 12.0 Å². The van der Waals surface area contributed by atoms with Crippen LogP contribution in [0, 0.1) is 0 Å². The Morgan fingerprint density at radius 2 is 1.84 bits per heavy atom. The van der Waals surface area contributed by atoms with Gasteiger partial charge in [0.1, 0.15) is 6.10 Å². The van der Waals surface area contributed by atoms with Crippen molar-refractivity contribution in [2.45, 2.75) is 24.8 Å². The maximum absolute atomic E-state index is 13.4. The standard InChI is InChI=1S/C13H15FO4.Na.H/c14-13(11(16)8-12(17)18)10(15)7-6-9-4-2-1-3-5-9;;/h1-7,10-11,13,15-16H,8H2,(H,17,18);;/b7-6+;;. The molecule has 0 saturated carbocycles. The number of aliphatic carboxylic acids is 1. The number of carboxylic acids is 1.